The maximum absolute atomic E-state index is 13.5. The second-order valence-corrected chi connectivity index (χ2v) is 11.4. The molecule has 0 saturated carbocycles. The fourth-order valence-corrected chi connectivity index (χ4v) is 7.42. The van der Waals surface area contributed by atoms with E-state index in [1.165, 1.54) is 19.2 Å². The third kappa shape index (κ3) is 4.17. The summed E-state index contributed by atoms with van der Waals surface area (Å²) in [5.41, 5.74) is 0.172. The van der Waals surface area contributed by atoms with Gasteiger partial charge in [-0.2, -0.15) is 0 Å². The van der Waals surface area contributed by atoms with E-state index in [9.17, 15) is 23.8 Å². The predicted molar refractivity (Wildman–Crippen MR) is 105 cm³/mol. The summed E-state index contributed by atoms with van der Waals surface area (Å²) in [6, 6.07) is 5.98. The fourth-order valence-electron chi connectivity index (χ4n) is 2.98. The molecule has 0 fully saturated rings. The Bertz CT molecular complexity index is 848. The minimum absolute atomic E-state index is 0.0859. The van der Waals surface area contributed by atoms with Gasteiger partial charge in [-0.05, 0) is 18.6 Å². The van der Waals surface area contributed by atoms with Crippen LogP contribution in [0.1, 0.15) is 27.1 Å². The van der Waals surface area contributed by atoms with E-state index in [-0.39, 0.29) is 30.8 Å². The number of methoxy groups -OCH3 is 1. The van der Waals surface area contributed by atoms with Crippen LogP contribution in [0.4, 0.5) is 0 Å². The maximum atomic E-state index is 13.5. The highest BCUT2D eigenvalue weighted by Crippen LogP contribution is 2.76. The highest BCUT2D eigenvalue weighted by Gasteiger charge is 2.66. The van der Waals surface area contributed by atoms with E-state index in [2.05, 4.69) is 0 Å². The summed E-state index contributed by atoms with van der Waals surface area (Å²) < 4.78 is 51.6. The van der Waals surface area contributed by atoms with Crippen LogP contribution in [0.3, 0.4) is 0 Å². The minimum atomic E-state index is -4.68. The number of rotatable bonds is 12. The van der Waals surface area contributed by atoms with Crippen molar-refractivity contribution in [2.24, 2.45) is 0 Å². The average Bonchev–Trinajstić information content (AvgIpc) is 3.00. The maximum Gasteiger partial charge on any atom is 0.376 e. The van der Waals surface area contributed by atoms with Crippen LogP contribution in [-0.4, -0.2) is 75.1 Å². The molecule has 2 rings (SSSR count). The summed E-state index contributed by atoms with van der Waals surface area (Å²) in [6.45, 7) is -0.947. The number of benzene rings is 1. The number of amides is 2. The number of hydrogen-bond acceptors (Lipinski definition) is 10. The molecule has 168 valence electrons. The van der Waals surface area contributed by atoms with Crippen molar-refractivity contribution in [2.45, 2.75) is 11.5 Å². The van der Waals surface area contributed by atoms with Crippen molar-refractivity contribution >= 4 is 27.0 Å². The zero-order valence-corrected chi connectivity index (χ0v) is 18.9. The molecule has 1 heterocycles. The number of imide groups is 1. The first-order valence-electron chi connectivity index (χ1n) is 8.83. The molecule has 30 heavy (non-hydrogen) atoms. The molecular weight excluding hydrogens is 440 g/mol. The second-order valence-electron chi connectivity index (χ2n) is 6.24. The summed E-state index contributed by atoms with van der Waals surface area (Å²) in [5, 5.41) is 8.39. The van der Waals surface area contributed by atoms with Crippen molar-refractivity contribution in [1.82, 2.24) is 4.90 Å². The average molecular weight is 465 g/mol. The Balaban J connectivity index is 2.48. The van der Waals surface area contributed by atoms with Gasteiger partial charge in [-0.25, -0.2) is 0 Å². The Morgan fingerprint density at radius 3 is 1.83 bits per heavy atom. The highest BCUT2D eigenvalue weighted by molar-refractivity contribution is 7.73. The van der Waals surface area contributed by atoms with Gasteiger partial charge in [0, 0.05) is 35.0 Å². The molecular formula is C17H25NO10P2. The quantitative estimate of drug-likeness (QED) is 0.278. The SMILES string of the molecule is COCCCOP(=O)(OC)C(O)(CN1C(=O)c2ccccc2C1=O)P(=O)(OC)OC. The zero-order chi connectivity index (χ0) is 22.6. The molecule has 11 nitrogen and oxygen atoms in total. The lowest BCUT2D eigenvalue weighted by atomic mass is 10.1. The molecule has 13 heteroatoms. The molecule has 1 aliphatic rings. The van der Waals surface area contributed by atoms with Crippen LogP contribution in [0, 0.1) is 0 Å². The van der Waals surface area contributed by atoms with Crippen LogP contribution in [0.5, 0.6) is 0 Å². The van der Waals surface area contributed by atoms with Crippen LogP contribution in [0.15, 0.2) is 24.3 Å². The molecule has 1 N–H and O–H groups in total. The lowest BCUT2D eigenvalue weighted by molar-refractivity contribution is 0.0454. The summed E-state index contributed by atoms with van der Waals surface area (Å²) in [6.07, 6.45) is 0.275. The van der Waals surface area contributed by atoms with Gasteiger partial charge in [-0.1, -0.05) is 12.1 Å². The van der Waals surface area contributed by atoms with E-state index in [0.717, 1.165) is 21.3 Å². The molecule has 1 aromatic carbocycles. The number of carbonyl (C=O) groups is 2. The van der Waals surface area contributed by atoms with Crippen molar-refractivity contribution in [3.05, 3.63) is 35.4 Å². The van der Waals surface area contributed by atoms with Gasteiger partial charge >= 0.3 is 15.2 Å². The van der Waals surface area contributed by atoms with Crippen LogP contribution in [0.25, 0.3) is 0 Å². The number of aliphatic hydroxyl groups is 1. The van der Waals surface area contributed by atoms with Crippen molar-refractivity contribution in [3.8, 4) is 0 Å². The molecule has 0 aromatic heterocycles. The Hall–Kier alpha value is -1.42. The van der Waals surface area contributed by atoms with Gasteiger partial charge in [-0.3, -0.25) is 23.6 Å². The molecule has 2 unspecified atom stereocenters. The molecule has 0 spiro atoms. The van der Waals surface area contributed by atoms with Gasteiger partial charge in [0.25, 0.3) is 16.9 Å². The van der Waals surface area contributed by atoms with Gasteiger partial charge in [0.2, 0.25) is 0 Å². The van der Waals surface area contributed by atoms with Gasteiger partial charge in [-0.15, -0.1) is 0 Å². The van der Waals surface area contributed by atoms with Crippen molar-refractivity contribution in [3.63, 3.8) is 0 Å². The van der Waals surface area contributed by atoms with E-state index < -0.39 is 38.6 Å². The summed E-state index contributed by atoms with van der Waals surface area (Å²) >= 11 is 0. The third-order valence-corrected chi connectivity index (χ3v) is 10.1. The Morgan fingerprint density at radius 2 is 1.40 bits per heavy atom. The molecule has 0 saturated heterocycles. The third-order valence-electron chi connectivity index (χ3n) is 4.60. The first kappa shape index (κ1) is 24.8. The van der Waals surface area contributed by atoms with Crippen LogP contribution >= 0.6 is 15.2 Å². The Kier molecular flexibility index (Phi) is 8.12. The predicted octanol–water partition coefficient (Wildman–Crippen LogP) is 2.31. The summed E-state index contributed by atoms with van der Waals surface area (Å²) in [4.78, 5) is 26.1. The lowest BCUT2D eigenvalue weighted by Gasteiger charge is -2.38. The van der Waals surface area contributed by atoms with Crippen molar-refractivity contribution < 1.29 is 46.7 Å². The number of carbonyl (C=O) groups excluding carboxylic acids is 2. The molecule has 0 aliphatic carbocycles. The standard InChI is InChI=1S/C17H25NO10P2/c1-24-10-7-11-28-30(23,27-4)17(21,29(22,25-2)26-3)12-18-15(19)13-8-5-6-9-14(13)16(18)20/h5-6,8-9,21H,7,10-12H2,1-4H3. The zero-order valence-electron chi connectivity index (χ0n) is 17.1. The highest BCUT2D eigenvalue weighted by atomic mass is 31.2. The molecule has 2 atom stereocenters. The van der Waals surface area contributed by atoms with E-state index in [1.807, 2.05) is 0 Å². The topological polar surface area (TPSA) is 138 Å². The molecule has 1 aliphatic heterocycles. The van der Waals surface area contributed by atoms with Crippen molar-refractivity contribution in [2.75, 3.05) is 48.2 Å². The number of β-amino-alcohol motifs (C(OH)–C–C–N with tert-alkyl or cyclic N) is 1. The van der Waals surface area contributed by atoms with Gasteiger partial charge in [0.05, 0.1) is 24.3 Å². The molecule has 1 aromatic rings. The summed E-state index contributed by atoms with van der Waals surface area (Å²) in [5.74, 6) is -1.54. The van der Waals surface area contributed by atoms with Crippen LogP contribution < -0.4 is 0 Å². The lowest BCUT2D eigenvalue weighted by Crippen LogP contribution is -2.46. The van der Waals surface area contributed by atoms with Crippen LogP contribution in [-0.2, 0) is 32.0 Å². The van der Waals surface area contributed by atoms with E-state index in [4.69, 9.17) is 22.8 Å². The number of ether oxygens (including phenoxy) is 1. The Labute approximate surface area is 174 Å². The van der Waals surface area contributed by atoms with Crippen LogP contribution in [0.2, 0.25) is 0 Å². The smallest absolute Gasteiger partial charge is 0.376 e. The molecule has 0 radical (unpaired) electrons. The van der Waals surface area contributed by atoms with E-state index in [0.29, 0.717) is 4.90 Å². The molecule has 2 amide bonds. The number of hydrogen-bond donors (Lipinski definition) is 1. The second kappa shape index (κ2) is 9.80. The normalized spacial score (nSPS) is 18.2. The van der Waals surface area contributed by atoms with E-state index >= 15 is 0 Å². The largest absolute Gasteiger partial charge is 0.385 e. The minimum Gasteiger partial charge on any atom is -0.385 e. The monoisotopic (exact) mass is 465 g/mol. The summed E-state index contributed by atoms with van der Waals surface area (Å²) in [7, 11) is -4.96. The first-order valence-corrected chi connectivity index (χ1v) is 11.9. The Morgan fingerprint density at radius 1 is 0.900 bits per heavy atom. The van der Waals surface area contributed by atoms with Crippen molar-refractivity contribution in [1.29, 1.82) is 0 Å². The number of fused-ring (bicyclic) bond motifs is 1. The van der Waals surface area contributed by atoms with E-state index in [1.54, 1.807) is 12.1 Å². The fraction of sp³-hybridized carbons (Fsp3) is 0.529. The molecule has 0 bridgehead atoms. The van der Waals surface area contributed by atoms with Gasteiger partial charge < -0.3 is 27.9 Å². The van der Waals surface area contributed by atoms with Gasteiger partial charge in [0.1, 0.15) is 0 Å². The number of nitrogens with zero attached hydrogens (tertiary/aromatic N) is 1. The first-order chi connectivity index (χ1) is 14.1. The van der Waals surface area contributed by atoms with Gasteiger partial charge in [0.15, 0.2) is 0 Å².